The molecule has 1 heterocycles. The monoisotopic (exact) mass is 368 g/mol. The lowest BCUT2D eigenvalue weighted by Gasteiger charge is -2.11. The van der Waals surface area contributed by atoms with Crippen molar-refractivity contribution in [3.05, 3.63) is 53.6 Å². The number of phenols is 1. The molecule has 0 spiro atoms. The molecule has 0 radical (unpaired) electrons. The van der Waals surface area contributed by atoms with Crippen LogP contribution in [-0.2, 0) is 4.79 Å². The first-order valence-corrected chi connectivity index (χ1v) is 9.02. The molecule has 1 amide bonds. The maximum atomic E-state index is 12.3. The van der Waals surface area contributed by atoms with Crippen molar-refractivity contribution >= 4 is 38.3 Å². The Morgan fingerprint density at radius 3 is 2.81 bits per heavy atom. The van der Waals surface area contributed by atoms with Crippen LogP contribution in [-0.4, -0.2) is 27.8 Å². The average Bonchev–Trinajstić information content (AvgIpc) is 3.03. The van der Waals surface area contributed by atoms with Gasteiger partial charge in [-0.05, 0) is 45.0 Å². The summed E-state index contributed by atoms with van der Waals surface area (Å²) in [6.07, 6.45) is 0. The molecule has 2 aromatic carbocycles. The minimum Gasteiger partial charge on any atom is -0.507 e. The van der Waals surface area contributed by atoms with Crippen LogP contribution in [0.25, 0.3) is 10.2 Å². The van der Waals surface area contributed by atoms with Gasteiger partial charge in [-0.3, -0.25) is 4.79 Å². The molecule has 7 heteroatoms. The van der Waals surface area contributed by atoms with Gasteiger partial charge in [0.25, 0.3) is 5.91 Å². The molecule has 0 aliphatic rings. The number of carbonyl (C=O) groups is 1. The number of hydrazone groups is 1. The minimum atomic E-state index is -0.502. The number of nitrogens with zero attached hydrogens (tertiary/aromatic N) is 2. The van der Waals surface area contributed by atoms with E-state index in [4.69, 9.17) is 0 Å². The van der Waals surface area contributed by atoms with Gasteiger partial charge in [0.15, 0.2) is 5.13 Å². The van der Waals surface area contributed by atoms with E-state index in [-0.39, 0.29) is 11.7 Å². The number of hydrogen-bond acceptors (Lipinski definition) is 6. The number of aryl methyl sites for hydroxylation is 1. The Labute approximate surface area is 155 Å². The summed E-state index contributed by atoms with van der Waals surface area (Å²) in [7, 11) is 0. The van der Waals surface area contributed by atoms with Crippen molar-refractivity contribution in [2.24, 2.45) is 5.10 Å². The Kier molecular flexibility index (Phi) is 5.18. The highest BCUT2D eigenvalue weighted by Gasteiger charge is 2.15. The van der Waals surface area contributed by atoms with Crippen molar-refractivity contribution in [2.45, 2.75) is 26.8 Å². The molecule has 1 aromatic heterocycles. The molecule has 0 saturated carbocycles. The van der Waals surface area contributed by atoms with Gasteiger partial charge in [0, 0.05) is 5.56 Å². The maximum absolute atomic E-state index is 12.3. The molecular weight excluding hydrogens is 348 g/mol. The third-order valence-corrected chi connectivity index (χ3v) is 4.87. The van der Waals surface area contributed by atoms with Gasteiger partial charge in [-0.25, -0.2) is 10.4 Å². The van der Waals surface area contributed by atoms with Crippen molar-refractivity contribution < 1.29 is 9.90 Å². The molecule has 3 N–H and O–H groups in total. The van der Waals surface area contributed by atoms with E-state index in [2.05, 4.69) is 20.8 Å². The summed E-state index contributed by atoms with van der Waals surface area (Å²) in [5, 5.41) is 17.8. The third-order valence-electron chi connectivity index (χ3n) is 3.90. The molecule has 0 aliphatic heterocycles. The zero-order valence-corrected chi connectivity index (χ0v) is 15.6. The van der Waals surface area contributed by atoms with E-state index in [9.17, 15) is 9.90 Å². The largest absolute Gasteiger partial charge is 0.507 e. The lowest BCUT2D eigenvalue weighted by Crippen LogP contribution is -2.35. The topological polar surface area (TPSA) is 86.6 Å². The quantitative estimate of drug-likeness (QED) is 0.474. The average molecular weight is 368 g/mol. The van der Waals surface area contributed by atoms with E-state index >= 15 is 0 Å². The van der Waals surface area contributed by atoms with Crippen LogP contribution >= 0.6 is 11.3 Å². The molecule has 0 unspecified atom stereocenters. The highest BCUT2D eigenvalue weighted by Crippen LogP contribution is 2.25. The van der Waals surface area contributed by atoms with Crippen molar-refractivity contribution in [1.29, 1.82) is 0 Å². The first kappa shape index (κ1) is 17.9. The Balaban J connectivity index is 1.66. The number of para-hydroxylation sites is 1. The Morgan fingerprint density at radius 1 is 1.27 bits per heavy atom. The second-order valence-corrected chi connectivity index (χ2v) is 7.08. The molecule has 26 heavy (non-hydrogen) atoms. The van der Waals surface area contributed by atoms with E-state index in [1.807, 2.05) is 43.3 Å². The Hall–Kier alpha value is -2.93. The highest BCUT2D eigenvalue weighted by molar-refractivity contribution is 7.22. The van der Waals surface area contributed by atoms with Crippen LogP contribution in [0.2, 0.25) is 0 Å². The molecule has 3 aromatic rings. The van der Waals surface area contributed by atoms with Crippen LogP contribution in [0.4, 0.5) is 5.13 Å². The molecular formula is C19H20N4O2S. The number of rotatable bonds is 5. The number of aromatic nitrogens is 1. The number of aromatic hydroxyl groups is 1. The molecule has 134 valence electrons. The van der Waals surface area contributed by atoms with Crippen LogP contribution in [0.1, 0.15) is 25.0 Å². The van der Waals surface area contributed by atoms with E-state index < -0.39 is 6.04 Å². The molecule has 0 saturated heterocycles. The fourth-order valence-electron chi connectivity index (χ4n) is 2.42. The van der Waals surface area contributed by atoms with Crippen LogP contribution < -0.4 is 10.7 Å². The highest BCUT2D eigenvalue weighted by atomic mass is 32.1. The second-order valence-electron chi connectivity index (χ2n) is 6.05. The summed E-state index contributed by atoms with van der Waals surface area (Å²) in [6, 6.07) is 12.6. The lowest BCUT2D eigenvalue weighted by atomic mass is 10.1. The Bertz CT molecular complexity index is 948. The van der Waals surface area contributed by atoms with Gasteiger partial charge in [0.2, 0.25) is 0 Å². The molecule has 6 nitrogen and oxygen atoms in total. The van der Waals surface area contributed by atoms with Gasteiger partial charge in [-0.1, -0.05) is 35.1 Å². The molecule has 0 bridgehead atoms. The number of hydrogen-bond donors (Lipinski definition) is 3. The first-order chi connectivity index (χ1) is 12.4. The Morgan fingerprint density at radius 2 is 2.04 bits per heavy atom. The van der Waals surface area contributed by atoms with E-state index in [1.165, 1.54) is 11.3 Å². The number of benzene rings is 2. The van der Waals surface area contributed by atoms with Crippen molar-refractivity contribution in [1.82, 2.24) is 10.4 Å². The number of thiazole rings is 1. The molecule has 3 rings (SSSR count). The van der Waals surface area contributed by atoms with Gasteiger partial charge in [-0.15, -0.1) is 0 Å². The van der Waals surface area contributed by atoms with Crippen LogP contribution in [0.15, 0.2) is 47.6 Å². The van der Waals surface area contributed by atoms with Crippen molar-refractivity contribution in [2.75, 3.05) is 5.32 Å². The number of carbonyl (C=O) groups excluding carboxylic acids is 1. The zero-order chi connectivity index (χ0) is 18.7. The number of fused-ring (bicyclic) bond motifs is 1. The predicted octanol–water partition coefficient (Wildman–Crippen LogP) is 3.65. The number of nitrogens with one attached hydrogen (secondary N) is 2. The number of amides is 1. The van der Waals surface area contributed by atoms with E-state index in [1.54, 1.807) is 19.9 Å². The van der Waals surface area contributed by atoms with Crippen LogP contribution in [0.3, 0.4) is 0 Å². The van der Waals surface area contributed by atoms with Crippen molar-refractivity contribution in [3.8, 4) is 5.75 Å². The zero-order valence-electron chi connectivity index (χ0n) is 14.8. The molecule has 0 aliphatic carbocycles. The lowest BCUT2D eigenvalue weighted by molar-refractivity contribution is -0.121. The summed E-state index contributed by atoms with van der Waals surface area (Å²) in [4.78, 5) is 16.7. The normalized spacial score (nSPS) is 12.8. The predicted molar refractivity (Wildman–Crippen MR) is 106 cm³/mol. The molecule has 1 atom stereocenters. The number of phenolic OH excluding ortho intramolecular Hbond substituents is 1. The van der Waals surface area contributed by atoms with Gasteiger partial charge >= 0.3 is 0 Å². The summed E-state index contributed by atoms with van der Waals surface area (Å²) >= 11 is 1.50. The summed E-state index contributed by atoms with van der Waals surface area (Å²) in [6.45, 7) is 5.41. The van der Waals surface area contributed by atoms with Gasteiger partial charge in [-0.2, -0.15) is 5.10 Å². The fraction of sp³-hybridized carbons (Fsp3) is 0.211. The second kappa shape index (κ2) is 7.53. The summed E-state index contributed by atoms with van der Waals surface area (Å²) < 4.78 is 1.06. The van der Waals surface area contributed by atoms with E-state index in [0.29, 0.717) is 16.4 Å². The van der Waals surface area contributed by atoms with Gasteiger partial charge in [0.05, 0.1) is 15.9 Å². The van der Waals surface area contributed by atoms with Gasteiger partial charge < -0.3 is 10.4 Å². The summed E-state index contributed by atoms with van der Waals surface area (Å²) in [5.41, 5.74) is 5.57. The first-order valence-electron chi connectivity index (χ1n) is 8.20. The van der Waals surface area contributed by atoms with Gasteiger partial charge in [0.1, 0.15) is 11.8 Å². The van der Waals surface area contributed by atoms with Crippen molar-refractivity contribution in [3.63, 3.8) is 0 Å². The third kappa shape index (κ3) is 4.00. The smallest absolute Gasteiger partial charge is 0.262 e. The minimum absolute atomic E-state index is 0.131. The van der Waals surface area contributed by atoms with Crippen LogP contribution in [0.5, 0.6) is 5.75 Å². The number of anilines is 1. The van der Waals surface area contributed by atoms with E-state index in [0.717, 1.165) is 15.8 Å². The SMILES string of the molecule is C/C(=N\NC(=O)[C@H](C)Nc1nc2ccccc2s1)c1cc(C)ccc1O. The standard InChI is InChI=1S/C19H20N4O2S/c1-11-8-9-16(24)14(10-11)12(2)22-23-18(25)13(3)20-19-21-15-6-4-5-7-17(15)26-19/h4-10,13,24H,1-3H3,(H,20,21)(H,23,25)/b22-12+/t13-/m0/s1. The summed E-state index contributed by atoms with van der Waals surface area (Å²) in [5.74, 6) is -0.150. The van der Waals surface area contributed by atoms with Crippen LogP contribution in [0, 0.1) is 6.92 Å². The maximum Gasteiger partial charge on any atom is 0.262 e. The molecule has 0 fully saturated rings. The fourth-order valence-corrected chi connectivity index (χ4v) is 3.37.